The van der Waals surface area contributed by atoms with Gasteiger partial charge in [-0.2, -0.15) is 0 Å². The van der Waals surface area contributed by atoms with Gasteiger partial charge in [-0.05, 0) is 44.8 Å². The largest absolute Gasteiger partial charge is 0.480 e. The molecule has 0 spiro atoms. The van der Waals surface area contributed by atoms with Crippen molar-refractivity contribution in [2.45, 2.75) is 12.5 Å². The SMILES string of the molecule is C[C@](N)(C(=O)O)c1ncc(Br)cc1Br. The van der Waals surface area contributed by atoms with Crippen molar-refractivity contribution in [3.8, 4) is 0 Å². The molecule has 76 valence electrons. The van der Waals surface area contributed by atoms with Crippen molar-refractivity contribution in [1.29, 1.82) is 0 Å². The average Bonchev–Trinajstić information content (AvgIpc) is 2.02. The van der Waals surface area contributed by atoms with Gasteiger partial charge in [-0.1, -0.05) is 0 Å². The molecule has 0 saturated heterocycles. The summed E-state index contributed by atoms with van der Waals surface area (Å²) in [6.45, 7) is 1.40. The van der Waals surface area contributed by atoms with Gasteiger partial charge in [0.05, 0.1) is 5.69 Å². The number of hydrogen-bond acceptors (Lipinski definition) is 3. The van der Waals surface area contributed by atoms with Gasteiger partial charge in [0.2, 0.25) is 0 Å². The van der Waals surface area contributed by atoms with Gasteiger partial charge >= 0.3 is 5.97 Å². The van der Waals surface area contributed by atoms with Crippen molar-refractivity contribution >= 4 is 37.8 Å². The van der Waals surface area contributed by atoms with Crippen molar-refractivity contribution in [1.82, 2.24) is 4.98 Å². The summed E-state index contributed by atoms with van der Waals surface area (Å²) in [5.74, 6) is -1.12. The second-order valence-corrected chi connectivity index (χ2v) is 4.76. The highest BCUT2D eigenvalue weighted by atomic mass is 79.9. The van der Waals surface area contributed by atoms with E-state index in [0.717, 1.165) is 4.47 Å². The summed E-state index contributed by atoms with van der Waals surface area (Å²) in [7, 11) is 0. The second-order valence-electron chi connectivity index (χ2n) is 2.99. The highest BCUT2D eigenvalue weighted by Crippen LogP contribution is 2.26. The quantitative estimate of drug-likeness (QED) is 0.871. The maximum absolute atomic E-state index is 10.9. The number of halogens is 2. The maximum atomic E-state index is 10.9. The van der Waals surface area contributed by atoms with Crippen molar-refractivity contribution in [2.75, 3.05) is 0 Å². The van der Waals surface area contributed by atoms with Crippen LogP contribution in [0.25, 0.3) is 0 Å². The van der Waals surface area contributed by atoms with Gasteiger partial charge in [0.25, 0.3) is 0 Å². The first-order valence-electron chi connectivity index (χ1n) is 3.69. The number of rotatable bonds is 2. The Hall–Kier alpha value is -0.460. The normalized spacial score (nSPS) is 14.9. The molecule has 6 heteroatoms. The molecule has 1 aromatic rings. The van der Waals surface area contributed by atoms with Crippen LogP contribution < -0.4 is 5.73 Å². The predicted molar refractivity (Wildman–Crippen MR) is 58.8 cm³/mol. The van der Waals surface area contributed by atoms with E-state index in [1.54, 1.807) is 6.07 Å². The number of nitrogens with two attached hydrogens (primary N) is 1. The summed E-state index contributed by atoms with van der Waals surface area (Å²) in [5.41, 5.74) is 4.44. The highest BCUT2D eigenvalue weighted by Gasteiger charge is 2.33. The molecule has 0 radical (unpaired) electrons. The fourth-order valence-corrected chi connectivity index (χ4v) is 2.30. The molecule has 0 saturated carbocycles. The van der Waals surface area contributed by atoms with Crippen LogP contribution in [0.5, 0.6) is 0 Å². The Morgan fingerprint density at radius 3 is 2.64 bits per heavy atom. The molecule has 0 aliphatic carbocycles. The molecule has 1 rings (SSSR count). The first-order chi connectivity index (χ1) is 6.35. The van der Waals surface area contributed by atoms with E-state index in [1.165, 1.54) is 13.1 Å². The van der Waals surface area contributed by atoms with Crippen LogP contribution in [0.1, 0.15) is 12.6 Å². The van der Waals surface area contributed by atoms with Gasteiger partial charge in [0.1, 0.15) is 0 Å². The number of hydrogen-bond donors (Lipinski definition) is 2. The van der Waals surface area contributed by atoms with Crippen LogP contribution in [0.3, 0.4) is 0 Å². The number of aromatic nitrogens is 1. The zero-order chi connectivity index (χ0) is 10.9. The van der Waals surface area contributed by atoms with Crippen LogP contribution in [-0.4, -0.2) is 16.1 Å². The van der Waals surface area contributed by atoms with E-state index < -0.39 is 11.5 Å². The van der Waals surface area contributed by atoms with Gasteiger partial charge in [-0.25, -0.2) is 4.79 Å². The summed E-state index contributed by atoms with van der Waals surface area (Å²) in [5, 5.41) is 8.89. The third kappa shape index (κ3) is 2.13. The zero-order valence-corrected chi connectivity index (χ0v) is 10.5. The molecule has 4 nitrogen and oxygen atoms in total. The van der Waals surface area contributed by atoms with Gasteiger partial charge in [0.15, 0.2) is 5.54 Å². The number of carbonyl (C=O) groups is 1. The van der Waals surface area contributed by atoms with E-state index in [2.05, 4.69) is 36.8 Å². The zero-order valence-electron chi connectivity index (χ0n) is 7.29. The molecule has 0 amide bonds. The molecule has 0 aromatic carbocycles. The summed E-state index contributed by atoms with van der Waals surface area (Å²) in [6.07, 6.45) is 1.51. The lowest BCUT2D eigenvalue weighted by atomic mass is 9.99. The van der Waals surface area contributed by atoms with Gasteiger partial charge in [0, 0.05) is 15.1 Å². The molecule has 3 N–H and O–H groups in total. The summed E-state index contributed by atoms with van der Waals surface area (Å²) >= 11 is 6.43. The Balaban J connectivity index is 3.26. The van der Waals surface area contributed by atoms with Crippen molar-refractivity contribution < 1.29 is 9.90 Å². The topological polar surface area (TPSA) is 76.2 Å². The first-order valence-corrected chi connectivity index (χ1v) is 5.28. The van der Waals surface area contributed by atoms with E-state index in [1.807, 2.05) is 0 Å². The van der Waals surface area contributed by atoms with Crippen LogP contribution in [0, 0.1) is 0 Å². The molecule has 0 fully saturated rings. The lowest BCUT2D eigenvalue weighted by Crippen LogP contribution is -2.42. The lowest BCUT2D eigenvalue weighted by molar-refractivity contribution is -0.143. The number of nitrogens with zero attached hydrogens (tertiary/aromatic N) is 1. The minimum Gasteiger partial charge on any atom is -0.480 e. The molecule has 1 atom stereocenters. The minimum absolute atomic E-state index is 0.299. The molecule has 0 bridgehead atoms. The summed E-state index contributed by atoms with van der Waals surface area (Å²) in [6, 6.07) is 1.70. The maximum Gasteiger partial charge on any atom is 0.329 e. The Kier molecular flexibility index (Phi) is 3.28. The number of aliphatic carboxylic acids is 1. The molecule has 0 unspecified atom stereocenters. The monoisotopic (exact) mass is 322 g/mol. The van der Waals surface area contributed by atoms with Gasteiger partial charge in [-0.15, -0.1) is 0 Å². The van der Waals surface area contributed by atoms with Crippen LogP contribution >= 0.6 is 31.9 Å². The number of pyridine rings is 1. The van der Waals surface area contributed by atoms with E-state index >= 15 is 0 Å². The highest BCUT2D eigenvalue weighted by molar-refractivity contribution is 9.11. The van der Waals surface area contributed by atoms with E-state index in [9.17, 15) is 4.79 Å². The van der Waals surface area contributed by atoms with Crippen molar-refractivity contribution in [3.05, 3.63) is 26.9 Å². The molecule has 1 heterocycles. The van der Waals surface area contributed by atoms with Crippen LogP contribution in [0.2, 0.25) is 0 Å². The molecule has 1 aromatic heterocycles. The molecule has 0 aliphatic rings. The average molecular weight is 324 g/mol. The fourth-order valence-electron chi connectivity index (χ4n) is 0.898. The van der Waals surface area contributed by atoms with E-state index in [0.29, 0.717) is 10.2 Å². The van der Waals surface area contributed by atoms with Crippen molar-refractivity contribution in [2.24, 2.45) is 5.73 Å². The predicted octanol–water partition coefficient (Wildman–Crippen LogP) is 1.87. The Labute approximate surface area is 97.8 Å². The fraction of sp³-hybridized carbons (Fsp3) is 0.250. The van der Waals surface area contributed by atoms with Gasteiger partial charge in [-0.3, -0.25) is 4.98 Å². The number of carboxylic acid groups (broad SMARTS) is 1. The van der Waals surface area contributed by atoms with Gasteiger partial charge < -0.3 is 10.8 Å². The van der Waals surface area contributed by atoms with E-state index in [4.69, 9.17) is 10.8 Å². The third-order valence-corrected chi connectivity index (χ3v) is 2.78. The van der Waals surface area contributed by atoms with Crippen LogP contribution in [0.4, 0.5) is 0 Å². The third-order valence-electron chi connectivity index (χ3n) is 1.74. The second kappa shape index (κ2) is 3.96. The number of carboxylic acids is 1. The Morgan fingerprint density at radius 1 is 1.64 bits per heavy atom. The lowest BCUT2D eigenvalue weighted by Gasteiger charge is -2.19. The first kappa shape index (κ1) is 11.6. The minimum atomic E-state index is -1.49. The molecule has 14 heavy (non-hydrogen) atoms. The Bertz CT molecular complexity index is 380. The summed E-state index contributed by atoms with van der Waals surface area (Å²) < 4.78 is 1.33. The molecule has 0 aliphatic heterocycles. The Morgan fingerprint density at radius 2 is 2.21 bits per heavy atom. The van der Waals surface area contributed by atoms with Crippen LogP contribution in [0.15, 0.2) is 21.2 Å². The smallest absolute Gasteiger partial charge is 0.329 e. The van der Waals surface area contributed by atoms with E-state index in [-0.39, 0.29) is 0 Å². The summed E-state index contributed by atoms with van der Waals surface area (Å²) in [4.78, 5) is 14.8. The van der Waals surface area contributed by atoms with Crippen molar-refractivity contribution in [3.63, 3.8) is 0 Å². The molecular weight excluding hydrogens is 316 g/mol. The molecular formula is C8H8Br2N2O2. The standard InChI is InChI=1S/C8H8Br2N2O2/c1-8(11,7(13)14)6-5(10)2-4(9)3-12-6/h2-3H,11H2,1H3,(H,13,14)/t8-/m1/s1. The van der Waals surface area contributed by atoms with Crippen LogP contribution in [-0.2, 0) is 10.3 Å².